The molecule has 0 aliphatic carbocycles. The Kier molecular flexibility index (Phi) is 3.37. The minimum absolute atomic E-state index is 0.0536. The SMILES string of the molecule is Cn1nncc1C(NN)c1ccc(F)c(Cl)c1. The maximum Gasteiger partial charge on any atom is 0.141 e. The molecule has 2 rings (SSSR count). The molecule has 0 aliphatic rings. The van der Waals surface area contributed by atoms with Crippen molar-refractivity contribution in [1.82, 2.24) is 20.4 Å². The van der Waals surface area contributed by atoms with Gasteiger partial charge >= 0.3 is 0 Å². The second-order valence-corrected chi connectivity index (χ2v) is 3.96. The summed E-state index contributed by atoms with van der Waals surface area (Å²) < 4.78 is 14.7. The smallest absolute Gasteiger partial charge is 0.141 e. The Morgan fingerprint density at radius 2 is 2.29 bits per heavy atom. The van der Waals surface area contributed by atoms with Crippen LogP contribution in [-0.2, 0) is 7.05 Å². The van der Waals surface area contributed by atoms with E-state index in [4.69, 9.17) is 17.4 Å². The summed E-state index contributed by atoms with van der Waals surface area (Å²) in [5.41, 5.74) is 4.13. The fourth-order valence-corrected chi connectivity index (χ4v) is 1.79. The predicted octanol–water partition coefficient (Wildman–Crippen LogP) is 1.16. The Balaban J connectivity index is 2.42. The van der Waals surface area contributed by atoms with Crippen molar-refractivity contribution in [2.75, 3.05) is 0 Å². The molecule has 0 amide bonds. The molecule has 1 atom stereocenters. The normalized spacial score (nSPS) is 12.7. The second kappa shape index (κ2) is 4.79. The van der Waals surface area contributed by atoms with E-state index in [0.29, 0.717) is 0 Å². The summed E-state index contributed by atoms with van der Waals surface area (Å²) in [6, 6.07) is 4.09. The molecule has 1 heterocycles. The highest BCUT2D eigenvalue weighted by Gasteiger charge is 2.17. The molecule has 17 heavy (non-hydrogen) atoms. The van der Waals surface area contributed by atoms with E-state index in [1.807, 2.05) is 0 Å². The molecule has 0 radical (unpaired) electrons. The lowest BCUT2D eigenvalue weighted by atomic mass is 10.0. The van der Waals surface area contributed by atoms with Gasteiger partial charge in [0.1, 0.15) is 5.82 Å². The number of aromatic nitrogens is 3. The van der Waals surface area contributed by atoms with Crippen LogP contribution in [0.5, 0.6) is 0 Å². The molecule has 3 N–H and O–H groups in total. The molecule has 0 saturated carbocycles. The van der Waals surface area contributed by atoms with E-state index in [2.05, 4.69) is 15.7 Å². The van der Waals surface area contributed by atoms with E-state index in [9.17, 15) is 4.39 Å². The number of hydrogen-bond acceptors (Lipinski definition) is 4. The van der Waals surface area contributed by atoms with E-state index < -0.39 is 5.82 Å². The molecule has 1 aromatic heterocycles. The van der Waals surface area contributed by atoms with Crippen molar-refractivity contribution in [3.05, 3.63) is 46.5 Å². The number of nitrogens with zero attached hydrogens (tertiary/aromatic N) is 3. The zero-order chi connectivity index (χ0) is 12.4. The lowest BCUT2D eigenvalue weighted by Gasteiger charge is -2.16. The maximum absolute atomic E-state index is 13.1. The molecular formula is C10H11ClFN5. The minimum atomic E-state index is -0.464. The van der Waals surface area contributed by atoms with Crippen LogP contribution < -0.4 is 11.3 Å². The first kappa shape index (κ1) is 12.0. The van der Waals surface area contributed by atoms with Gasteiger partial charge in [-0.3, -0.25) is 10.5 Å². The number of benzene rings is 1. The number of aryl methyl sites for hydroxylation is 1. The molecular weight excluding hydrogens is 245 g/mol. The molecule has 2 aromatic rings. The predicted molar refractivity (Wildman–Crippen MR) is 61.6 cm³/mol. The van der Waals surface area contributed by atoms with Crippen molar-refractivity contribution in [3.8, 4) is 0 Å². The highest BCUT2D eigenvalue weighted by atomic mass is 35.5. The Morgan fingerprint density at radius 1 is 1.53 bits per heavy atom. The first-order valence-electron chi connectivity index (χ1n) is 4.89. The number of hydrogen-bond donors (Lipinski definition) is 2. The van der Waals surface area contributed by atoms with Crippen molar-refractivity contribution in [3.63, 3.8) is 0 Å². The van der Waals surface area contributed by atoms with Gasteiger partial charge in [-0.15, -0.1) is 5.10 Å². The highest BCUT2D eigenvalue weighted by molar-refractivity contribution is 6.30. The number of nitrogens with one attached hydrogen (secondary N) is 1. The first-order chi connectivity index (χ1) is 8.13. The molecule has 0 spiro atoms. The van der Waals surface area contributed by atoms with Gasteiger partial charge in [0.05, 0.1) is 23.0 Å². The van der Waals surface area contributed by atoms with E-state index in [0.717, 1.165) is 11.3 Å². The quantitative estimate of drug-likeness (QED) is 0.638. The van der Waals surface area contributed by atoms with Gasteiger partial charge in [0.25, 0.3) is 0 Å². The van der Waals surface area contributed by atoms with Crippen LogP contribution in [0.2, 0.25) is 5.02 Å². The zero-order valence-corrected chi connectivity index (χ0v) is 9.82. The fraction of sp³-hybridized carbons (Fsp3) is 0.200. The molecule has 0 fully saturated rings. The summed E-state index contributed by atoms with van der Waals surface area (Å²) in [5.74, 6) is 5.03. The zero-order valence-electron chi connectivity index (χ0n) is 9.06. The van der Waals surface area contributed by atoms with Crippen LogP contribution in [0, 0.1) is 5.82 Å². The van der Waals surface area contributed by atoms with Gasteiger partial charge in [-0.1, -0.05) is 22.9 Å². The van der Waals surface area contributed by atoms with Crippen molar-refractivity contribution < 1.29 is 4.39 Å². The Morgan fingerprint density at radius 3 is 2.82 bits per heavy atom. The van der Waals surface area contributed by atoms with E-state index >= 15 is 0 Å². The van der Waals surface area contributed by atoms with Crippen LogP contribution >= 0.6 is 11.6 Å². The average molecular weight is 256 g/mol. The molecule has 7 heteroatoms. The number of hydrazine groups is 1. The van der Waals surface area contributed by atoms with Crippen LogP contribution in [-0.4, -0.2) is 15.0 Å². The van der Waals surface area contributed by atoms with Crippen molar-refractivity contribution in [1.29, 1.82) is 0 Å². The second-order valence-electron chi connectivity index (χ2n) is 3.56. The van der Waals surface area contributed by atoms with Crippen molar-refractivity contribution in [2.45, 2.75) is 6.04 Å². The lowest BCUT2D eigenvalue weighted by molar-refractivity contribution is 0.567. The van der Waals surface area contributed by atoms with Crippen LogP contribution in [0.3, 0.4) is 0 Å². The number of nitrogens with two attached hydrogens (primary N) is 1. The molecule has 1 unspecified atom stereocenters. The van der Waals surface area contributed by atoms with E-state index in [1.165, 1.54) is 12.1 Å². The summed E-state index contributed by atoms with van der Waals surface area (Å²) in [5, 5.41) is 7.64. The minimum Gasteiger partial charge on any atom is -0.271 e. The average Bonchev–Trinajstić information content (AvgIpc) is 2.71. The summed E-state index contributed by atoms with van der Waals surface area (Å²) in [6.07, 6.45) is 1.59. The summed E-state index contributed by atoms with van der Waals surface area (Å²) in [7, 11) is 1.75. The summed E-state index contributed by atoms with van der Waals surface area (Å²) in [4.78, 5) is 0. The molecule has 90 valence electrons. The van der Waals surface area contributed by atoms with Gasteiger partial charge in [0.2, 0.25) is 0 Å². The van der Waals surface area contributed by atoms with Gasteiger partial charge in [0.15, 0.2) is 0 Å². The van der Waals surface area contributed by atoms with Crippen molar-refractivity contribution >= 4 is 11.6 Å². The topological polar surface area (TPSA) is 68.8 Å². The third-order valence-corrected chi connectivity index (χ3v) is 2.78. The van der Waals surface area contributed by atoms with Crippen LogP contribution in [0.4, 0.5) is 4.39 Å². The fourth-order valence-electron chi connectivity index (χ4n) is 1.60. The summed E-state index contributed by atoms with van der Waals surface area (Å²) >= 11 is 5.73. The lowest BCUT2D eigenvalue weighted by Crippen LogP contribution is -2.30. The van der Waals surface area contributed by atoms with E-state index in [-0.39, 0.29) is 11.1 Å². The Bertz CT molecular complexity index is 527. The van der Waals surface area contributed by atoms with E-state index in [1.54, 1.807) is 24.0 Å². The first-order valence-corrected chi connectivity index (χ1v) is 5.27. The third-order valence-electron chi connectivity index (χ3n) is 2.49. The molecule has 1 aromatic carbocycles. The number of halogens is 2. The molecule has 0 bridgehead atoms. The number of rotatable bonds is 3. The Labute approximate surface area is 102 Å². The van der Waals surface area contributed by atoms with Gasteiger partial charge in [-0.2, -0.15) is 0 Å². The van der Waals surface area contributed by atoms with Gasteiger partial charge in [0, 0.05) is 7.05 Å². The van der Waals surface area contributed by atoms with Gasteiger partial charge in [-0.05, 0) is 17.7 Å². The van der Waals surface area contributed by atoms with Crippen LogP contribution in [0.25, 0.3) is 0 Å². The largest absolute Gasteiger partial charge is 0.271 e. The van der Waals surface area contributed by atoms with Gasteiger partial charge in [-0.25, -0.2) is 9.82 Å². The van der Waals surface area contributed by atoms with Crippen LogP contribution in [0.15, 0.2) is 24.4 Å². The van der Waals surface area contributed by atoms with Gasteiger partial charge < -0.3 is 0 Å². The molecule has 0 aliphatic heterocycles. The molecule has 0 saturated heterocycles. The maximum atomic E-state index is 13.1. The molecule has 5 nitrogen and oxygen atoms in total. The standard InChI is InChI=1S/C10H11ClFN5/c1-17-9(5-14-16-17)10(15-13)6-2-3-8(12)7(11)4-6/h2-5,10,15H,13H2,1H3. The Hall–Kier alpha value is -1.50. The van der Waals surface area contributed by atoms with Crippen LogP contribution in [0.1, 0.15) is 17.3 Å². The summed E-state index contributed by atoms with van der Waals surface area (Å²) in [6.45, 7) is 0. The third kappa shape index (κ3) is 2.28. The monoisotopic (exact) mass is 255 g/mol. The highest BCUT2D eigenvalue weighted by Crippen LogP contribution is 2.24. The van der Waals surface area contributed by atoms with Crippen molar-refractivity contribution in [2.24, 2.45) is 12.9 Å².